The Hall–Kier alpha value is -6.83. The normalized spacial score (nSPS) is 15.4. The fraction of sp³-hybridized carbons (Fsp3) is 0.286. The predicted octanol–water partition coefficient (Wildman–Crippen LogP) is 17.0. The molecule has 70 heavy (non-hydrogen) atoms. The van der Waals surface area contributed by atoms with Crippen molar-refractivity contribution in [3.63, 3.8) is 0 Å². The minimum Gasteiger partial charge on any atom is -0.476 e. The summed E-state index contributed by atoms with van der Waals surface area (Å²) in [6.07, 6.45) is 15.5. The fourth-order valence-electron chi connectivity index (χ4n) is 11.8. The number of carbonyl (C=O) groups is 2. The van der Waals surface area contributed by atoms with Crippen LogP contribution in [0.3, 0.4) is 0 Å². The highest BCUT2D eigenvalue weighted by Gasteiger charge is 2.44. The highest BCUT2D eigenvalue weighted by Crippen LogP contribution is 2.58. The largest absolute Gasteiger partial charge is 0.476 e. The topological polar surface area (TPSA) is 73.2 Å². The van der Waals surface area contributed by atoms with Gasteiger partial charge < -0.3 is 10.0 Å². The van der Waals surface area contributed by atoms with Crippen molar-refractivity contribution in [3.8, 4) is 32.7 Å². The Bertz CT molecular complexity index is 2990. The minimum atomic E-state index is -1.24. The number of carboxylic acid groups (broad SMARTS) is 1. The van der Waals surface area contributed by atoms with Gasteiger partial charge in [0.25, 0.3) is 5.91 Å². The Kier molecular flexibility index (Phi) is 13.3. The van der Waals surface area contributed by atoms with Gasteiger partial charge in [0, 0.05) is 37.6 Å². The summed E-state index contributed by atoms with van der Waals surface area (Å²) < 4.78 is 0. The van der Waals surface area contributed by atoms with Crippen LogP contribution >= 0.6 is 11.3 Å². The van der Waals surface area contributed by atoms with Gasteiger partial charge in [-0.05, 0) is 142 Å². The number of hydrogen-bond donors (Lipinski definition) is 1. The molecule has 2 aliphatic carbocycles. The molecule has 0 saturated carbocycles. The molecule has 0 atom stereocenters. The molecule has 0 fully saturated rings. The quantitative estimate of drug-likeness (QED) is 0.0820. The van der Waals surface area contributed by atoms with Crippen LogP contribution in [0.4, 0.5) is 22.7 Å². The molecule has 0 bridgehead atoms. The molecule has 1 aliphatic heterocycles. The van der Waals surface area contributed by atoms with Crippen LogP contribution in [0, 0.1) is 0 Å². The molecular formula is C63H63N3O3S. The number of carboxylic acids is 1. The number of nitrogens with zero attached hydrogens (tertiary/aromatic N) is 3. The van der Waals surface area contributed by atoms with E-state index in [1.807, 2.05) is 18.2 Å². The first-order chi connectivity index (χ1) is 34.2. The number of benzene rings is 6. The second-order valence-electron chi connectivity index (χ2n) is 19.5. The van der Waals surface area contributed by atoms with E-state index in [0.717, 1.165) is 83.7 Å². The van der Waals surface area contributed by atoms with E-state index in [4.69, 9.17) is 0 Å². The van der Waals surface area contributed by atoms with E-state index in [0.29, 0.717) is 5.69 Å². The van der Waals surface area contributed by atoms with Crippen LogP contribution in [0.25, 0.3) is 38.8 Å². The van der Waals surface area contributed by atoms with Gasteiger partial charge in [-0.25, -0.2) is 4.79 Å². The summed E-state index contributed by atoms with van der Waals surface area (Å²) in [6.45, 7) is 9.27. The molecule has 6 nitrogen and oxygen atoms in total. The monoisotopic (exact) mass is 941 g/mol. The van der Waals surface area contributed by atoms with Crippen LogP contribution in [0.1, 0.15) is 132 Å². The lowest BCUT2D eigenvalue weighted by Gasteiger charge is -2.35. The number of unbranched alkanes of at least 4 members (excludes halogenated alkanes) is 4. The molecule has 2 heterocycles. The van der Waals surface area contributed by atoms with Crippen LogP contribution in [0.2, 0.25) is 0 Å². The first-order valence-electron chi connectivity index (χ1n) is 25.7. The average molecular weight is 942 g/mol. The van der Waals surface area contributed by atoms with Crippen LogP contribution in [0.5, 0.6) is 0 Å². The molecule has 1 amide bonds. The van der Waals surface area contributed by atoms with Crippen molar-refractivity contribution in [1.29, 1.82) is 0 Å². The van der Waals surface area contributed by atoms with Gasteiger partial charge in [0.1, 0.15) is 0 Å². The van der Waals surface area contributed by atoms with Crippen LogP contribution in [-0.2, 0) is 20.4 Å². The number of carbonyl (C=O) groups excluding carboxylic acids is 1. The van der Waals surface area contributed by atoms with Crippen LogP contribution in [-0.4, -0.2) is 22.7 Å². The average Bonchev–Trinajstić information content (AvgIpc) is 4.14. The van der Waals surface area contributed by atoms with E-state index in [2.05, 4.69) is 147 Å². The van der Waals surface area contributed by atoms with Crippen molar-refractivity contribution in [2.75, 3.05) is 9.91 Å². The molecule has 10 rings (SSSR count). The molecule has 7 heteroatoms. The fourth-order valence-corrected chi connectivity index (χ4v) is 12.8. The van der Waals surface area contributed by atoms with E-state index in [1.165, 1.54) is 86.5 Å². The standard InChI is InChI=1S/C63H63N3O3S/c1-5-9-36-62(37-10-6-2)54-24-18-16-22-49(54)51-33-30-46(40-56(51)62)65(47-31-34-52-50-23-17-19-25-55(50)63(38-11-7-3,39-12-8-4)57(52)41-47)44-28-26-43(27-29-44)58-35-32-48(70-58)42-53-59(61(68)69)64-66(60(53)67)45-20-14-13-15-21-45/h13-35,40-42H,5-12,36-39H2,1-4H3,(H,68,69)/b53-42-. The highest BCUT2D eigenvalue weighted by molar-refractivity contribution is 7.16. The predicted molar refractivity (Wildman–Crippen MR) is 292 cm³/mol. The summed E-state index contributed by atoms with van der Waals surface area (Å²) in [5.74, 6) is -1.70. The Labute approximate surface area is 418 Å². The number of hydrogen-bond acceptors (Lipinski definition) is 5. The zero-order valence-corrected chi connectivity index (χ0v) is 41.8. The van der Waals surface area contributed by atoms with E-state index >= 15 is 0 Å². The first-order valence-corrected chi connectivity index (χ1v) is 26.5. The lowest BCUT2D eigenvalue weighted by atomic mass is 9.70. The minimum absolute atomic E-state index is 0.0509. The van der Waals surface area contributed by atoms with Gasteiger partial charge >= 0.3 is 5.97 Å². The molecule has 1 N–H and O–H groups in total. The number of fused-ring (bicyclic) bond motifs is 6. The van der Waals surface area contributed by atoms with Crippen molar-refractivity contribution in [2.45, 2.75) is 116 Å². The zero-order chi connectivity index (χ0) is 48.4. The van der Waals surface area contributed by atoms with E-state index in [-0.39, 0.29) is 22.1 Å². The molecule has 0 saturated heterocycles. The molecule has 354 valence electrons. The maximum Gasteiger partial charge on any atom is 0.357 e. The smallest absolute Gasteiger partial charge is 0.357 e. The van der Waals surface area contributed by atoms with Gasteiger partial charge in [0.2, 0.25) is 0 Å². The van der Waals surface area contributed by atoms with E-state index in [9.17, 15) is 14.7 Å². The van der Waals surface area contributed by atoms with Crippen LogP contribution < -0.4 is 9.91 Å². The third-order valence-electron chi connectivity index (χ3n) is 15.3. The van der Waals surface area contributed by atoms with Gasteiger partial charge in [-0.15, -0.1) is 11.3 Å². The third kappa shape index (κ3) is 8.22. The van der Waals surface area contributed by atoms with Crippen molar-refractivity contribution in [2.24, 2.45) is 5.10 Å². The Morgan fingerprint density at radius 2 is 1.04 bits per heavy atom. The maximum atomic E-state index is 13.6. The maximum absolute atomic E-state index is 13.6. The number of para-hydroxylation sites is 1. The lowest BCUT2D eigenvalue weighted by Crippen LogP contribution is -2.26. The number of rotatable bonds is 19. The Morgan fingerprint density at radius 1 is 0.571 bits per heavy atom. The van der Waals surface area contributed by atoms with Gasteiger partial charge in [-0.1, -0.05) is 170 Å². The zero-order valence-electron chi connectivity index (χ0n) is 41.0. The summed E-state index contributed by atoms with van der Waals surface area (Å²) in [7, 11) is 0. The Balaban J connectivity index is 1.08. The van der Waals surface area contributed by atoms with Crippen LogP contribution in [0.15, 0.2) is 162 Å². The van der Waals surface area contributed by atoms with Crippen molar-refractivity contribution in [3.05, 3.63) is 184 Å². The van der Waals surface area contributed by atoms with Crippen molar-refractivity contribution < 1.29 is 14.7 Å². The molecular weight excluding hydrogens is 879 g/mol. The number of amides is 1. The third-order valence-corrected chi connectivity index (χ3v) is 16.3. The molecule has 7 aromatic rings. The van der Waals surface area contributed by atoms with Crippen molar-refractivity contribution in [1.82, 2.24) is 0 Å². The first kappa shape index (κ1) is 46.9. The molecule has 3 aliphatic rings. The molecule has 0 spiro atoms. The second-order valence-corrected chi connectivity index (χ2v) is 20.6. The second kappa shape index (κ2) is 19.9. The molecule has 0 unspecified atom stereocenters. The molecule has 6 aromatic carbocycles. The number of aliphatic carboxylic acids is 1. The van der Waals surface area contributed by atoms with Gasteiger partial charge in [0.15, 0.2) is 5.71 Å². The molecule has 1 aromatic heterocycles. The Morgan fingerprint density at radius 3 is 1.54 bits per heavy atom. The number of thiophene rings is 1. The van der Waals surface area contributed by atoms with Gasteiger partial charge in [-0.2, -0.15) is 10.1 Å². The summed E-state index contributed by atoms with van der Waals surface area (Å²) in [5, 5.41) is 15.5. The summed E-state index contributed by atoms with van der Waals surface area (Å²) in [5.41, 5.74) is 16.0. The van der Waals surface area contributed by atoms with E-state index < -0.39 is 11.9 Å². The SMILES string of the molecule is CCCCC1(CCCC)c2ccccc2-c2ccc(N(c3ccc(-c4ccc(/C=C5\C(=O)N(c6ccccc6)N=C5C(=O)O)s4)cc3)c3ccc4c(c3)C(CCCC)(CCCC)c3ccccc3-4)cc21. The summed E-state index contributed by atoms with van der Waals surface area (Å²) >= 11 is 1.52. The number of anilines is 4. The summed E-state index contributed by atoms with van der Waals surface area (Å²) in [6, 6.07) is 54.7. The van der Waals surface area contributed by atoms with Gasteiger partial charge in [0.05, 0.1) is 11.3 Å². The lowest BCUT2D eigenvalue weighted by molar-refractivity contribution is -0.129. The summed E-state index contributed by atoms with van der Waals surface area (Å²) in [4.78, 5) is 30.2. The van der Waals surface area contributed by atoms with E-state index in [1.54, 1.807) is 30.3 Å². The molecule has 0 radical (unpaired) electrons. The van der Waals surface area contributed by atoms with Crippen molar-refractivity contribution >= 4 is 57.8 Å². The van der Waals surface area contributed by atoms with Gasteiger partial charge in [-0.3, -0.25) is 4.79 Å². The number of hydrazone groups is 1. The highest BCUT2D eigenvalue weighted by atomic mass is 32.1.